The second-order valence-electron chi connectivity index (χ2n) is 3.48. The lowest BCUT2D eigenvalue weighted by Gasteiger charge is -2.10. The fourth-order valence-electron chi connectivity index (χ4n) is 1.49. The van der Waals surface area contributed by atoms with Gasteiger partial charge in [0.05, 0.1) is 19.4 Å². The predicted octanol–water partition coefficient (Wildman–Crippen LogP) is 3.68. The molecule has 0 N–H and O–H groups in total. The third kappa shape index (κ3) is 4.83. The van der Waals surface area contributed by atoms with Crippen LogP contribution < -0.4 is 4.52 Å². The summed E-state index contributed by atoms with van der Waals surface area (Å²) in [7, 11) is 1.39. The van der Waals surface area contributed by atoms with Crippen molar-refractivity contribution in [1.82, 2.24) is 0 Å². The van der Waals surface area contributed by atoms with E-state index in [4.69, 9.17) is 4.52 Å². The Labute approximate surface area is 122 Å². The van der Waals surface area contributed by atoms with Crippen molar-refractivity contribution in [2.75, 3.05) is 7.11 Å². The van der Waals surface area contributed by atoms with Crippen LogP contribution in [-0.2, 0) is 9.53 Å². The summed E-state index contributed by atoms with van der Waals surface area (Å²) in [5, 5.41) is 0. The number of hydrogen-bond acceptors (Lipinski definition) is 3. The minimum atomic E-state index is -0.253. The first-order valence-electron chi connectivity index (χ1n) is 5.32. The van der Waals surface area contributed by atoms with Gasteiger partial charge in [-0.05, 0) is 46.7 Å². The monoisotopic (exact) mass is 376 g/mol. The fraction of sp³-hybridized carbons (Fsp3) is 0.308. The minimum Gasteiger partial charge on any atom is -0.469 e. The molecule has 0 aliphatic heterocycles. The molecule has 1 aromatic carbocycles. The lowest BCUT2D eigenvalue weighted by Crippen LogP contribution is -2.07. The number of methoxy groups -OCH3 is 1. The first kappa shape index (κ1) is 15.3. The number of halogens is 1. The summed E-state index contributed by atoms with van der Waals surface area (Å²) in [4.78, 5) is 11.3. The number of benzene rings is 1. The molecule has 0 bridgehead atoms. The maximum Gasteiger partial charge on any atom is 0.307 e. The molecule has 2 atom stereocenters. The summed E-state index contributed by atoms with van der Waals surface area (Å²) in [5.41, 5.74) is 0.999. The molecule has 2 unspecified atom stereocenters. The quantitative estimate of drug-likeness (QED) is 0.341. The van der Waals surface area contributed by atoms with Crippen LogP contribution in [-0.4, -0.2) is 13.1 Å². The van der Waals surface area contributed by atoms with Crippen LogP contribution in [0.3, 0.4) is 0 Å². The Balaban J connectivity index is 2.84. The van der Waals surface area contributed by atoms with Crippen molar-refractivity contribution in [2.24, 2.45) is 0 Å². The number of carbonyl (C=O) groups excluding carboxylic acids is 1. The van der Waals surface area contributed by atoms with Crippen molar-refractivity contribution in [2.45, 2.75) is 19.3 Å². The number of carbonyl (C=O) groups is 1. The molecule has 0 aliphatic carbocycles. The van der Waals surface area contributed by atoms with Gasteiger partial charge < -0.3 is 9.26 Å². The van der Waals surface area contributed by atoms with E-state index in [9.17, 15) is 4.79 Å². The lowest BCUT2D eigenvalue weighted by molar-refractivity contribution is -0.140. The standard InChI is InChI=1S/C13H14IO3P/c1-3-4-11(9-13(15)16-2)10-5-7-12(8-6-10)17-18-14/h5-8,11,18H,9H2,1-2H3. The molecule has 96 valence electrons. The highest BCUT2D eigenvalue weighted by atomic mass is 127. The maximum atomic E-state index is 11.3. The zero-order valence-electron chi connectivity index (χ0n) is 10.2. The van der Waals surface area contributed by atoms with Gasteiger partial charge in [0.1, 0.15) is 12.2 Å². The molecule has 5 heteroatoms. The molecule has 0 fully saturated rings. The van der Waals surface area contributed by atoms with E-state index in [1.54, 1.807) is 6.92 Å². The highest BCUT2D eigenvalue weighted by molar-refractivity contribution is 14.2. The van der Waals surface area contributed by atoms with Crippen molar-refractivity contribution in [1.29, 1.82) is 0 Å². The third-order valence-electron chi connectivity index (χ3n) is 2.36. The zero-order chi connectivity index (χ0) is 13.4. The van der Waals surface area contributed by atoms with Gasteiger partial charge in [0, 0.05) is 0 Å². The SMILES string of the molecule is CC#CC(CC(=O)OC)c1ccc(OPI)cc1. The number of hydrogen-bond donors (Lipinski definition) is 0. The number of esters is 1. The van der Waals surface area contributed by atoms with Gasteiger partial charge >= 0.3 is 5.97 Å². The van der Waals surface area contributed by atoms with E-state index in [2.05, 4.69) is 38.6 Å². The van der Waals surface area contributed by atoms with Crippen LogP contribution in [0.1, 0.15) is 24.8 Å². The molecule has 18 heavy (non-hydrogen) atoms. The molecule has 3 nitrogen and oxygen atoms in total. The van der Waals surface area contributed by atoms with Gasteiger partial charge in [-0.25, -0.2) is 0 Å². The largest absolute Gasteiger partial charge is 0.469 e. The highest BCUT2D eigenvalue weighted by Gasteiger charge is 2.14. The fourth-order valence-corrected chi connectivity index (χ4v) is 2.48. The average molecular weight is 376 g/mol. The van der Waals surface area contributed by atoms with Crippen LogP contribution in [0.2, 0.25) is 0 Å². The van der Waals surface area contributed by atoms with Gasteiger partial charge in [0.15, 0.2) is 0 Å². The molecule has 1 rings (SSSR count). The van der Waals surface area contributed by atoms with E-state index >= 15 is 0 Å². The second-order valence-corrected chi connectivity index (χ2v) is 5.16. The van der Waals surface area contributed by atoms with E-state index in [0.29, 0.717) is 6.45 Å². The normalized spacial score (nSPS) is 11.7. The molecule has 0 spiro atoms. The van der Waals surface area contributed by atoms with Gasteiger partial charge in [-0.1, -0.05) is 18.1 Å². The Kier molecular flexibility index (Phi) is 7.07. The minimum absolute atomic E-state index is 0.126. The molecular formula is C13H14IO3P. The Morgan fingerprint density at radius 1 is 1.44 bits per heavy atom. The molecule has 0 heterocycles. The van der Waals surface area contributed by atoms with Crippen molar-refractivity contribution in [3.8, 4) is 17.6 Å². The summed E-state index contributed by atoms with van der Waals surface area (Å²) in [5.74, 6) is 6.32. The molecule has 1 aromatic rings. The van der Waals surface area contributed by atoms with Crippen molar-refractivity contribution in [3.63, 3.8) is 0 Å². The topological polar surface area (TPSA) is 35.5 Å². The first-order valence-corrected chi connectivity index (χ1v) is 9.35. The predicted molar refractivity (Wildman–Crippen MR) is 82.2 cm³/mol. The van der Waals surface area contributed by atoms with E-state index in [0.717, 1.165) is 11.3 Å². The Morgan fingerprint density at radius 2 is 2.11 bits per heavy atom. The summed E-state index contributed by atoms with van der Waals surface area (Å²) in [6, 6.07) is 7.65. The number of ether oxygens (including phenoxy) is 1. The van der Waals surface area contributed by atoms with Crippen molar-refractivity contribution >= 4 is 34.5 Å². The van der Waals surface area contributed by atoms with E-state index in [1.807, 2.05) is 24.3 Å². The smallest absolute Gasteiger partial charge is 0.307 e. The second kappa shape index (κ2) is 8.34. The molecule has 0 saturated heterocycles. The Morgan fingerprint density at radius 3 is 2.61 bits per heavy atom. The Hall–Kier alpha value is -0.790. The highest BCUT2D eigenvalue weighted by Crippen LogP contribution is 2.28. The summed E-state index contributed by atoms with van der Waals surface area (Å²) < 4.78 is 10.1. The van der Waals surface area contributed by atoms with Crippen molar-refractivity contribution in [3.05, 3.63) is 29.8 Å². The van der Waals surface area contributed by atoms with E-state index < -0.39 is 0 Å². The molecule has 0 amide bonds. The first-order chi connectivity index (χ1) is 8.71. The van der Waals surface area contributed by atoms with Gasteiger partial charge in [0.2, 0.25) is 0 Å². The molecular weight excluding hydrogens is 362 g/mol. The molecule has 0 saturated carbocycles. The van der Waals surface area contributed by atoms with Crippen LogP contribution >= 0.6 is 28.5 Å². The van der Waals surface area contributed by atoms with E-state index in [1.165, 1.54) is 7.11 Å². The Bertz CT molecular complexity index is 448. The van der Waals surface area contributed by atoms with Gasteiger partial charge in [0.25, 0.3) is 0 Å². The lowest BCUT2D eigenvalue weighted by atomic mass is 9.96. The van der Waals surface area contributed by atoms with E-state index in [-0.39, 0.29) is 18.3 Å². The van der Waals surface area contributed by atoms with Crippen molar-refractivity contribution < 1.29 is 14.1 Å². The number of rotatable bonds is 5. The summed E-state index contributed by atoms with van der Waals surface area (Å²) >= 11 is 2.17. The third-order valence-corrected chi connectivity index (χ3v) is 3.33. The van der Waals surface area contributed by atoms with Crippen LogP contribution in [0.25, 0.3) is 0 Å². The average Bonchev–Trinajstić information content (AvgIpc) is 2.39. The van der Waals surface area contributed by atoms with Crippen LogP contribution in [0.4, 0.5) is 0 Å². The van der Waals surface area contributed by atoms with Gasteiger partial charge in [-0.2, -0.15) is 0 Å². The summed E-state index contributed by atoms with van der Waals surface area (Å²) in [6.45, 7) is 2.15. The molecule has 0 aliphatic rings. The van der Waals surface area contributed by atoms with Crippen LogP contribution in [0.15, 0.2) is 24.3 Å². The van der Waals surface area contributed by atoms with Gasteiger partial charge in [-0.15, -0.1) is 5.92 Å². The molecule has 0 radical (unpaired) electrons. The summed E-state index contributed by atoms with van der Waals surface area (Å²) in [6.07, 6.45) is 0.269. The van der Waals surface area contributed by atoms with Gasteiger partial charge in [-0.3, -0.25) is 4.79 Å². The zero-order valence-corrected chi connectivity index (χ0v) is 13.4. The molecule has 0 aromatic heterocycles. The van der Waals surface area contributed by atoms with Crippen LogP contribution in [0.5, 0.6) is 5.75 Å². The van der Waals surface area contributed by atoms with Crippen LogP contribution in [0, 0.1) is 11.8 Å². The maximum absolute atomic E-state index is 11.3.